The smallest absolute Gasteiger partial charge is 0.287 e. The molecule has 0 bridgehead atoms. The van der Waals surface area contributed by atoms with Crippen LogP contribution in [0, 0.1) is 19.8 Å². The normalized spacial score (nSPS) is 16.8. The van der Waals surface area contributed by atoms with Crippen molar-refractivity contribution in [2.45, 2.75) is 32.4 Å². The average Bonchev–Trinajstić information content (AvgIpc) is 3.28. The SMILES string of the molecule is Cc1cc(C)n(C[C@@H](C)CNC(=O)c2ccc(S(=O)(=O)N3CCOCC3)o2)n1. The van der Waals surface area contributed by atoms with Crippen LogP contribution in [0.3, 0.4) is 0 Å². The predicted molar refractivity (Wildman–Crippen MR) is 101 cm³/mol. The molecule has 1 atom stereocenters. The van der Waals surface area contributed by atoms with Gasteiger partial charge in [0.15, 0.2) is 5.76 Å². The summed E-state index contributed by atoms with van der Waals surface area (Å²) >= 11 is 0. The number of hydrogen-bond acceptors (Lipinski definition) is 6. The molecule has 3 heterocycles. The molecule has 1 fully saturated rings. The van der Waals surface area contributed by atoms with Gasteiger partial charge in [-0.25, -0.2) is 8.42 Å². The van der Waals surface area contributed by atoms with Gasteiger partial charge in [-0.05, 0) is 38.0 Å². The van der Waals surface area contributed by atoms with Crippen molar-refractivity contribution in [3.8, 4) is 0 Å². The number of carbonyl (C=O) groups excluding carboxylic acids is 1. The molecule has 0 aromatic carbocycles. The third-order valence-electron chi connectivity index (χ3n) is 4.57. The van der Waals surface area contributed by atoms with E-state index in [2.05, 4.69) is 10.4 Å². The highest BCUT2D eigenvalue weighted by atomic mass is 32.2. The number of carbonyl (C=O) groups is 1. The number of hydrogen-bond donors (Lipinski definition) is 1. The van der Waals surface area contributed by atoms with Crippen molar-refractivity contribution in [3.63, 3.8) is 0 Å². The lowest BCUT2D eigenvalue weighted by Crippen LogP contribution is -2.40. The Morgan fingerprint density at radius 2 is 2.00 bits per heavy atom. The Bertz CT molecular complexity index is 928. The Labute approximate surface area is 164 Å². The predicted octanol–water partition coefficient (Wildman–Crippen LogP) is 1.18. The lowest BCUT2D eigenvalue weighted by Gasteiger charge is -2.24. The minimum absolute atomic E-state index is 0.0230. The number of furan rings is 1. The van der Waals surface area contributed by atoms with Crippen LogP contribution in [-0.4, -0.2) is 61.3 Å². The third kappa shape index (κ3) is 4.62. The Kier molecular flexibility index (Phi) is 6.21. The summed E-state index contributed by atoms with van der Waals surface area (Å²) in [4.78, 5) is 12.3. The van der Waals surface area contributed by atoms with Gasteiger partial charge in [-0.1, -0.05) is 6.92 Å². The zero-order chi connectivity index (χ0) is 20.3. The fourth-order valence-electron chi connectivity index (χ4n) is 3.07. The molecule has 0 aliphatic carbocycles. The van der Waals surface area contributed by atoms with Crippen molar-refractivity contribution in [2.75, 3.05) is 32.8 Å². The molecular formula is C18H26N4O5S. The van der Waals surface area contributed by atoms with Crippen LogP contribution in [0.1, 0.15) is 28.9 Å². The number of ether oxygens (including phenoxy) is 1. The molecule has 0 unspecified atom stereocenters. The van der Waals surface area contributed by atoms with Crippen LogP contribution >= 0.6 is 0 Å². The topological polar surface area (TPSA) is 107 Å². The largest absolute Gasteiger partial charge is 0.438 e. The zero-order valence-corrected chi connectivity index (χ0v) is 17.2. The van der Waals surface area contributed by atoms with Crippen LogP contribution in [0.25, 0.3) is 0 Å². The summed E-state index contributed by atoms with van der Waals surface area (Å²) in [5, 5.41) is 6.98. The van der Waals surface area contributed by atoms with E-state index in [1.165, 1.54) is 16.4 Å². The maximum absolute atomic E-state index is 12.6. The van der Waals surface area contributed by atoms with Gasteiger partial charge in [0.1, 0.15) is 0 Å². The van der Waals surface area contributed by atoms with Gasteiger partial charge in [0, 0.05) is 31.9 Å². The van der Waals surface area contributed by atoms with E-state index in [1.807, 2.05) is 31.5 Å². The number of nitrogens with zero attached hydrogens (tertiary/aromatic N) is 3. The van der Waals surface area contributed by atoms with E-state index in [-0.39, 0.29) is 29.9 Å². The summed E-state index contributed by atoms with van der Waals surface area (Å²) in [5.41, 5.74) is 2.03. The fourth-order valence-corrected chi connectivity index (χ4v) is 4.39. The third-order valence-corrected chi connectivity index (χ3v) is 6.34. The van der Waals surface area contributed by atoms with Crippen molar-refractivity contribution in [3.05, 3.63) is 35.3 Å². The van der Waals surface area contributed by atoms with Crippen molar-refractivity contribution in [2.24, 2.45) is 5.92 Å². The molecule has 2 aromatic heterocycles. The van der Waals surface area contributed by atoms with Crippen molar-refractivity contribution >= 4 is 15.9 Å². The van der Waals surface area contributed by atoms with Crippen LogP contribution < -0.4 is 5.32 Å². The number of amides is 1. The Balaban J connectivity index is 1.57. The monoisotopic (exact) mass is 410 g/mol. The van der Waals surface area contributed by atoms with Crippen LogP contribution in [-0.2, 0) is 21.3 Å². The maximum Gasteiger partial charge on any atom is 0.287 e. The van der Waals surface area contributed by atoms with Crippen LogP contribution in [0.15, 0.2) is 27.7 Å². The Morgan fingerprint density at radius 1 is 1.29 bits per heavy atom. The molecule has 1 N–H and O–H groups in total. The van der Waals surface area contributed by atoms with Crippen LogP contribution in [0.4, 0.5) is 0 Å². The van der Waals surface area contributed by atoms with E-state index < -0.39 is 15.9 Å². The highest BCUT2D eigenvalue weighted by molar-refractivity contribution is 7.89. The molecule has 28 heavy (non-hydrogen) atoms. The molecule has 0 radical (unpaired) electrons. The van der Waals surface area contributed by atoms with E-state index in [0.717, 1.165) is 11.4 Å². The van der Waals surface area contributed by atoms with Crippen molar-refractivity contribution in [1.29, 1.82) is 0 Å². The first-order valence-corrected chi connectivity index (χ1v) is 10.7. The Morgan fingerprint density at radius 3 is 2.64 bits per heavy atom. The lowest BCUT2D eigenvalue weighted by atomic mass is 10.2. The number of rotatable bonds is 7. The summed E-state index contributed by atoms with van der Waals surface area (Å²) in [5.74, 6) is -0.317. The second kappa shape index (κ2) is 8.46. The molecule has 1 aliphatic rings. The minimum atomic E-state index is -3.75. The highest BCUT2D eigenvalue weighted by Gasteiger charge is 2.30. The van der Waals surface area contributed by atoms with Gasteiger partial charge in [-0.2, -0.15) is 9.40 Å². The second-order valence-corrected chi connectivity index (χ2v) is 8.93. The molecule has 1 saturated heterocycles. The number of sulfonamides is 1. The summed E-state index contributed by atoms with van der Waals surface area (Å²) in [7, 11) is -3.75. The van der Waals surface area contributed by atoms with Crippen molar-refractivity contribution < 1.29 is 22.4 Å². The van der Waals surface area contributed by atoms with Crippen molar-refractivity contribution in [1.82, 2.24) is 19.4 Å². The van der Waals surface area contributed by atoms with Gasteiger partial charge in [0.2, 0.25) is 5.09 Å². The van der Waals surface area contributed by atoms with E-state index in [0.29, 0.717) is 26.3 Å². The highest BCUT2D eigenvalue weighted by Crippen LogP contribution is 2.20. The van der Waals surface area contributed by atoms with Crippen LogP contribution in [0.5, 0.6) is 0 Å². The molecular weight excluding hydrogens is 384 g/mol. The molecule has 1 amide bonds. The molecule has 9 nitrogen and oxygen atoms in total. The van der Waals surface area contributed by atoms with Gasteiger partial charge in [-0.15, -0.1) is 0 Å². The van der Waals surface area contributed by atoms with Gasteiger partial charge in [0.05, 0.1) is 18.9 Å². The van der Waals surface area contributed by atoms with Crippen LogP contribution in [0.2, 0.25) is 0 Å². The summed E-state index contributed by atoms with van der Waals surface area (Å²) in [6, 6.07) is 4.71. The summed E-state index contributed by atoms with van der Waals surface area (Å²) < 4.78 is 38.8. The first-order chi connectivity index (χ1) is 13.3. The number of aryl methyl sites for hydroxylation is 2. The standard InChI is InChI=1S/C18H26N4O5S/c1-13(12-22-15(3)10-14(2)20-22)11-19-18(23)16-4-5-17(27-16)28(24,25)21-6-8-26-9-7-21/h4-5,10,13H,6-9,11-12H2,1-3H3,(H,19,23)/t13-/m0/s1. The maximum atomic E-state index is 12.6. The molecule has 1 aliphatic heterocycles. The molecule has 10 heteroatoms. The van der Waals surface area contributed by atoms with E-state index in [1.54, 1.807) is 0 Å². The van der Waals surface area contributed by atoms with Gasteiger partial charge in [-0.3, -0.25) is 9.48 Å². The summed E-state index contributed by atoms with van der Waals surface area (Å²) in [6.07, 6.45) is 0. The van der Waals surface area contributed by atoms with Gasteiger partial charge < -0.3 is 14.5 Å². The number of nitrogens with one attached hydrogen (secondary N) is 1. The van der Waals surface area contributed by atoms with Gasteiger partial charge in [0.25, 0.3) is 15.9 Å². The quantitative estimate of drug-likeness (QED) is 0.735. The first-order valence-electron chi connectivity index (χ1n) is 9.24. The second-order valence-electron chi connectivity index (χ2n) is 7.06. The molecule has 154 valence electrons. The zero-order valence-electron chi connectivity index (χ0n) is 16.3. The molecule has 3 rings (SSSR count). The number of aromatic nitrogens is 2. The first kappa shape index (κ1) is 20.6. The molecule has 0 saturated carbocycles. The van der Waals surface area contributed by atoms with E-state index >= 15 is 0 Å². The van der Waals surface area contributed by atoms with Gasteiger partial charge >= 0.3 is 0 Å². The molecule has 2 aromatic rings. The lowest BCUT2D eigenvalue weighted by molar-refractivity contribution is 0.0722. The number of morpholine rings is 1. The van der Waals surface area contributed by atoms with E-state index in [4.69, 9.17) is 9.15 Å². The summed E-state index contributed by atoms with van der Waals surface area (Å²) in [6.45, 7) is 8.27. The van der Waals surface area contributed by atoms with E-state index in [9.17, 15) is 13.2 Å². The minimum Gasteiger partial charge on any atom is -0.438 e. The molecule has 0 spiro atoms. The Hall–Kier alpha value is -2.17. The fraction of sp³-hybridized carbons (Fsp3) is 0.556. The average molecular weight is 410 g/mol.